The van der Waals surface area contributed by atoms with Gasteiger partial charge in [-0.2, -0.15) is 26.3 Å². The molecule has 30 nitrogen and oxygen atoms in total. The van der Waals surface area contributed by atoms with Crippen molar-refractivity contribution >= 4 is 194 Å². The number of amides is 8. The molecule has 832 valence electrons. The number of thioether (sulfide) groups is 8. The van der Waals surface area contributed by atoms with Crippen LogP contribution < -0.4 is 42.5 Å². The maximum absolute atomic E-state index is 13.4. The van der Waals surface area contributed by atoms with E-state index in [2.05, 4.69) is 62.5 Å². The number of ketones is 2. The smallest absolute Gasteiger partial charge is 0.391 e. The van der Waals surface area contributed by atoms with Gasteiger partial charge in [-0.25, -0.2) is 0 Å². The Balaban J connectivity index is 0.000000117. The molecular weight excluding hydrogens is 2090 g/mol. The maximum Gasteiger partial charge on any atom is 0.412 e. The third-order valence-electron chi connectivity index (χ3n) is 38.3. The van der Waals surface area contributed by atoms with Crippen molar-refractivity contribution in [2.75, 3.05) is 0 Å². The second-order valence-corrected chi connectivity index (χ2v) is 60.0. The second kappa shape index (κ2) is 45.1. The summed E-state index contributed by atoms with van der Waals surface area (Å²) in [6.45, 7) is 25.8. The van der Waals surface area contributed by atoms with Crippen LogP contribution in [0.25, 0.3) is 0 Å². The Morgan fingerprint density at radius 2 is 0.407 bits per heavy atom. The molecule has 8 amide bonds. The molecule has 36 atom stereocenters. The van der Waals surface area contributed by atoms with Gasteiger partial charge >= 0.3 is 12.4 Å². The molecule has 16 bridgehead atoms. The van der Waals surface area contributed by atoms with E-state index in [0.717, 1.165) is 111 Å². The number of aliphatic hydroxyl groups is 4. The number of carbonyl (C=O) groups excluding carboxylic acids is 10. The number of hydrogen-bond acceptors (Lipinski definition) is 30. The van der Waals surface area contributed by atoms with Gasteiger partial charge in [-0.1, -0.05) is 173 Å². The fourth-order valence-corrected chi connectivity index (χ4v) is 36.2. The van der Waals surface area contributed by atoms with Crippen LogP contribution in [0, 0.1) is 107 Å². The summed E-state index contributed by atoms with van der Waals surface area (Å²) in [5, 5.41) is 64.9. The summed E-state index contributed by atoms with van der Waals surface area (Å²) < 4.78 is 70.6. The van der Waals surface area contributed by atoms with E-state index in [4.69, 9.17) is 20.0 Å². The molecule has 24 aliphatic rings. The first kappa shape index (κ1) is 116. The lowest BCUT2D eigenvalue weighted by Crippen LogP contribution is -2.52. The lowest BCUT2D eigenvalue weighted by molar-refractivity contribution is -0.178. The Kier molecular flexibility index (Phi) is 34.8. The lowest BCUT2D eigenvalue weighted by atomic mass is 9.93. The Hall–Kier alpha value is -5.32. The molecule has 0 aromatic heterocycles. The molecule has 0 aromatic rings. The Bertz CT molecular complexity index is 4990. The van der Waals surface area contributed by atoms with E-state index in [9.17, 15) is 94.7 Å². The summed E-state index contributed by atoms with van der Waals surface area (Å²) in [7, 11) is 0. The summed E-state index contributed by atoms with van der Waals surface area (Å²) >= 11 is 9.22. The van der Waals surface area contributed by atoms with E-state index >= 15 is 0 Å². The van der Waals surface area contributed by atoms with Gasteiger partial charge in [-0.05, 0) is 344 Å². The molecule has 8 aliphatic heterocycles. The molecule has 12 N–H and O–H groups in total. The third kappa shape index (κ3) is 23.6. The third-order valence-corrected chi connectivity index (χ3v) is 49.5. The topological polar surface area (TPSA) is 447 Å². The van der Waals surface area contributed by atoms with Crippen LogP contribution in [0.5, 0.6) is 0 Å². The van der Waals surface area contributed by atoms with Crippen LogP contribution in [0.1, 0.15) is 316 Å². The first-order chi connectivity index (χ1) is 70.4. The highest BCUT2D eigenvalue weighted by atomic mass is 32.2. The van der Waals surface area contributed by atoms with Crippen LogP contribution in [0.4, 0.5) is 26.3 Å². The van der Waals surface area contributed by atoms with Crippen molar-refractivity contribution < 1.29 is 94.7 Å². The summed E-state index contributed by atoms with van der Waals surface area (Å²) in [5.41, 5.74) is 0. The average molecular weight is 2250 g/mol. The number of aliphatic hydroxyl groups excluding tert-OH is 4. The highest BCUT2D eigenvalue weighted by Gasteiger charge is 2.69. The van der Waals surface area contributed by atoms with Crippen LogP contribution in [0.2, 0.25) is 0 Å². The molecule has 44 heteroatoms. The van der Waals surface area contributed by atoms with Crippen molar-refractivity contribution in [3.63, 3.8) is 0 Å². The molecular formula is C106H154F6N16O14S8. The number of fused-ring (bicyclic) bond motifs is 16. The van der Waals surface area contributed by atoms with Crippen LogP contribution in [-0.2, 0) is 47.9 Å². The number of hydrogen-bond donors (Lipinski definition) is 12. The quantitative estimate of drug-likeness (QED) is 0.0504. The van der Waals surface area contributed by atoms with E-state index in [-0.39, 0.29) is 69.4 Å². The lowest BCUT2D eigenvalue weighted by Gasteiger charge is -2.30. The average Bonchev–Trinajstić information content (AvgIpc) is 1.58. The van der Waals surface area contributed by atoms with Gasteiger partial charge in [-0.3, -0.25) is 87.9 Å². The van der Waals surface area contributed by atoms with Gasteiger partial charge in [-0.15, -0.1) is 0 Å². The van der Waals surface area contributed by atoms with Crippen molar-refractivity contribution in [3.8, 4) is 0 Å². The molecule has 8 saturated heterocycles. The zero-order valence-corrected chi connectivity index (χ0v) is 95.5. The number of carbonyl (C=O) groups is 10. The standard InChI is InChI=1S/2C14H19F3N2OS.4C13H20N2O2S.2C13H18N2O2S/c2*1-7(2)13(14(15,16)17)11(20)19-12(21-13)18-10-6-8-3-4-9(10)5-8;6*1-7(16)13(2)11(17)15-12(18-13)14-10-6-8-3-4-9(10)5-8/h2*7-10H,3-6H2,1-2H3,(H,18,19,20);4*7-10,16H,3-6H2,1-2H3,(H,14,15,17);2*8-10H,3-6H2,1-2H3,(H,14,15,17)/t8-,9+,10+,13+;8-,9+,10+,13-;7-,8+,9-,10-,13+;7-,8+,9-,10-,13-;7-,8-,9+,10+,13+;7-,8-,9+,10+,13-;8-,9+,10+,13+;8-,9+,10+,13-/m11001111/s1. The van der Waals surface area contributed by atoms with Crippen molar-refractivity contribution in [3.05, 3.63) is 0 Å². The zero-order chi connectivity index (χ0) is 108. The van der Waals surface area contributed by atoms with E-state index < -0.39 is 98.4 Å². The maximum atomic E-state index is 13.4. The molecule has 0 aromatic carbocycles. The van der Waals surface area contributed by atoms with E-state index in [1.807, 2.05) is 0 Å². The van der Waals surface area contributed by atoms with Crippen LogP contribution in [0.15, 0.2) is 39.9 Å². The van der Waals surface area contributed by atoms with Crippen molar-refractivity contribution in [2.24, 2.45) is 146 Å². The molecule has 0 spiro atoms. The normalized spacial score (nSPS) is 44.7. The fraction of sp³-hybridized carbons (Fsp3) is 0.830. The summed E-state index contributed by atoms with van der Waals surface area (Å²) in [6, 6.07) is 2.46. The molecule has 16 saturated carbocycles. The van der Waals surface area contributed by atoms with Crippen LogP contribution in [0.3, 0.4) is 0 Å². The highest BCUT2D eigenvalue weighted by molar-refractivity contribution is 8.18. The number of aliphatic imine (C=N–C) groups is 8. The van der Waals surface area contributed by atoms with Gasteiger partial charge in [0.25, 0.3) is 11.8 Å². The zero-order valence-electron chi connectivity index (χ0n) is 88.9. The molecule has 0 unspecified atom stereocenters. The van der Waals surface area contributed by atoms with E-state index in [1.165, 1.54) is 266 Å². The van der Waals surface area contributed by atoms with Crippen molar-refractivity contribution in [1.29, 1.82) is 0 Å². The predicted molar refractivity (Wildman–Crippen MR) is 585 cm³/mol. The first-order valence-corrected chi connectivity index (χ1v) is 61.5. The van der Waals surface area contributed by atoms with Gasteiger partial charge in [0.15, 0.2) is 71.9 Å². The largest absolute Gasteiger partial charge is 0.412 e. The number of alkyl halides is 6. The van der Waals surface area contributed by atoms with E-state index in [0.29, 0.717) is 126 Å². The second-order valence-electron chi connectivity index (χ2n) is 48.9. The van der Waals surface area contributed by atoms with Gasteiger partial charge < -0.3 is 63.0 Å². The molecule has 24 fully saturated rings. The molecule has 24 rings (SSSR count). The van der Waals surface area contributed by atoms with Crippen molar-refractivity contribution in [2.45, 2.75) is 439 Å². The highest BCUT2D eigenvalue weighted by Crippen LogP contribution is 2.59. The van der Waals surface area contributed by atoms with E-state index in [1.54, 1.807) is 69.2 Å². The van der Waals surface area contributed by atoms with Gasteiger partial charge in [0, 0.05) is 0 Å². The number of Topliss-reactive ketones (excluding diaryl/α,β-unsaturated/α-hetero) is 2. The summed E-state index contributed by atoms with van der Waals surface area (Å²) in [6.07, 6.45) is 27.6. The number of amidine groups is 8. The Morgan fingerprint density at radius 1 is 0.253 bits per heavy atom. The van der Waals surface area contributed by atoms with Gasteiger partial charge in [0.1, 0.15) is 19.0 Å². The SMILES string of the molecule is CC(=O)[C@@]1(C)SC(=N[C@H]2C[C@@H]3CC[C@H]2C3)NC1=O.CC(=O)[C@]1(C)SC(=N[C@H]2C[C@@H]3CC[C@H]2C3)NC1=O.CC(C)[C@@]1(C(F)(F)F)SC(=N[C@H]2C[C@@H]3CC[C@H]2C3)NC1=O.CC(C)[C@]1(C(F)(F)F)SC(=N[C@H]2C[C@@H]3CC[C@H]2C3)NC1=O.C[C@@H](O)[C@@]1(C)SC(=N[C@H]2C[C@@H]3CC[C@H]2C3)NC1=O.C[C@@H](O)[C@]1(C)SC(=N[C@H]2C[C@@H]3CC[C@H]2C3)NC1=O.C[C@H](O)[C@@]1(C)SC(=N[C@H]2C[C@@H]3CC[C@H]2C3)NC1=O.C[C@H](O)[C@]1(C)SC(=N[C@H]2C[C@@H]3CC[C@H]2C3)NC1=O. The monoisotopic (exact) mass is 2240 g/mol. The minimum Gasteiger partial charge on any atom is -0.391 e. The molecule has 150 heavy (non-hydrogen) atoms. The Labute approximate surface area is 910 Å². The van der Waals surface area contributed by atoms with Gasteiger partial charge in [0.05, 0.1) is 72.8 Å². The molecule has 0 radical (unpaired) electrons. The number of rotatable bonds is 16. The molecule has 8 heterocycles. The Morgan fingerprint density at radius 3 is 0.520 bits per heavy atom. The minimum absolute atomic E-state index is 0.0859. The number of nitrogens with one attached hydrogen (secondary N) is 8. The summed E-state index contributed by atoms with van der Waals surface area (Å²) in [4.78, 5) is 156. The van der Waals surface area contributed by atoms with Crippen LogP contribution >= 0.6 is 94.1 Å². The number of halogens is 6. The molecule has 16 aliphatic carbocycles. The predicted octanol–water partition coefficient (Wildman–Crippen LogP) is 16.3. The van der Waals surface area contributed by atoms with Gasteiger partial charge in [0.2, 0.25) is 35.4 Å². The van der Waals surface area contributed by atoms with Crippen LogP contribution in [-0.4, -0.2) is 244 Å². The van der Waals surface area contributed by atoms with Crippen molar-refractivity contribution in [1.82, 2.24) is 42.5 Å². The summed E-state index contributed by atoms with van der Waals surface area (Å²) in [5.74, 6) is 6.93. The fourth-order valence-electron chi connectivity index (χ4n) is 27.7. The first-order valence-electron chi connectivity index (χ1n) is 54.9. The number of nitrogens with zero attached hydrogens (tertiary/aromatic N) is 8. The minimum atomic E-state index is -4.58.